The summed E-state index contributed by atoms with van der Waals surface area (Å²) in [6.07, 6.45) is 5.10. The molecule has 1 aliphatic rings. The van der Waals surface area contributed by atoms with E-state index in [0.717, 1.165) is 24.0 Å². The summed E-state index contributed by atoms with van der Waals surface area (Å²) in [5.41, 5.74) is 8.10. The van der Waals surface area contributed by atoms with Crippen molar-refractivity contribution >= 4 is 17.4 Å². The second-order valence-corrected chi connectivity index (χ2v) is 5.01. The van der Waals surface area contributed by atoms with Gasteiger partial charge in [0.1, 0.15) is 11.5 Å². The molecule has 5 heteroatoms. The largest absolute Gasteiger partial charge is 0.439 e. The quantitative estimate of drug-likeness (QED) is 0.879. The van der Waals surface area contributed by atoms with Crippen LogP contribution in [0.15, 0.2) is 42.6 Å². The molecule has 2 N–H and O–H groups in total. The molecular weight excluding hydrogens is 280 g/mol. The summed E-state index contributed by atoms with van der Waals surface area (Å²) in [6, 6.07) is 9.14. The zero-order valence-corrected chi connectivity index (χ0v) is 12.2. The van der Waals surface area contributed by atoms with Gasteiger partial charge in [-0.2, -0.15) is 0 Å². The van der Waals surface area contributed by atoms with Gasteiger partial charge in [-0.1, -0.05) is 12.1 Å². The molecule has 1 aliphatic carbocycles. The molecule has 0 saturated heterocycles. The Balaban J connectivity index is 1.92. The molecule has 0 unspecified atom stereocenters. The highest BCUT2D eigenvalue weighted by Gasteiger charge is 2.19. The highest BCUT2D eigenvalue weighted by Crippen LogP contribution is 2.35. The standard InChI is InChI=1S/C17H16N2O3/c1-11(20)21-15-6-2-5-14-13(15)4-3-7-16(14)22-17-9-8-12(18)10-19-17/h3-4,6-10H,2,5,18H2,1H3. The second-order valence-electron chi connectivity index (χ2n) is 5.01. The van der Waals surface area contributed by atoms with Crippen molar-refractivity contribution in [3.63, 3.8) is 0 Å². The summed E-state index contributed by atoms with van der Waals surface area (Å²) in [5.74, 6) is 1.45. The van der Waals surface area contributed by atoms with E-state index in [2.05, 4.69) is 4.98 Å². The Bertz CT molecular complexity index is 736. The van der Waals surface area contributed by atoms with E-state index in [1.54, 1.807) is 18.3 Å². The van der Waals surface area contributed by atoms with Gasteiger partial charge >= 0.3 is 5.97 Å². The van der Waals surface area contributed by atoms with Gasteiger partial charge in [0, 0.05) is 24.1 Å². The van der Waals surface area contributed by atoms with Crippen LogP contribution in [0.25, 0.3) is 5.76 Å². The van der Waals surface area contributed by atoms with Crippen molar-refractivity contribution in [3.8, 4) is 11.6 Å². The number of allylic oxidation sites excluding steroid dienone is 1. The van der Waals surface area contributed by atoms with Gasteiger partial charge in [0.05, 0.1) is 11.9 Å². The number of fused-ring (bicyclic) bond motifs is 1. The van der Waals surface area contributed by atoms with Gasteiger partial charge in [-0.25, -0.2) is 4.98 Å². The number of carbonyl (C=O) groups is 1. The number of rotatable bonds is 3. The third-order valence-corrected chi connectivity index (χ3v) is 3.35. The molecule has 22 heavy (non-hydrogen) atoms. The van der Waals surface area contributed by atoms with Crippen LogP contribution in [0.1, 0.15) is 24.5 Å². The summed E-state index contributed by atoms with van der Waals surface area (Å²) in [6.45, 7) is 1.40. The minimum absolute atomic E-state index is 0.328. The number of nitrogens with zero attached hydrogens (tertiary/aromatic N) is 1. The van der Waals surface area contributed by atoms with Crippen molar-refractivity contribution < 1.29 is 14.3 Å². The summed E-state index contributed by atoms with van der Waals surface area (Å²) in [4.78, 5) is 15.4. The molecule has 0 atom stereocenters. The summed E-state index contributed by atoms with van der Waals surface area (Å²) < 4.78 is 11.1. The third-order valence-electron chi connectivity index (χ3n) is 3.35. The molecule has 0 fully saturated rings. The first-order valence-electron chi connectivity index (χ1n) is 7.03. The van der Waals surface area contributed by atoms with Crippen molar-refractivity contribution in [1.82, 2.24) is 4.98 Å². The normalized spacial score (nSPS) is 13.0. The van der Waals surface area contributed by atoms with E-state index < -0.39 is 0 Å². The van der Waals surface area contributed by atoms with E-state index in [1.807, 2.05) is 24.3 Å². The van der Waals surface area contributed by atoms with Crippen molar-refractivity contribution in [2.24, 2.45) is 0 Å². The Morgan fingerprint density at radius 1 is 1.27 bits per heavy atom. The van der Waals surface area contributed by atoms with Crippen LogP contribution in [0.3, 0.4) is 0 Å². The van der Waals surface area contributed by atoms with Crippen LogP contribution in [0.5, 0.6) is 11.6 Å². The summed E-state index contributed by atoms with van der Waals surface area (Å²) >= 11 is 0. The van der Waals surface area contributed by atoms with Crippen molar-refractivity contribution in [2.75, 3.05) is 5.73 Å². The lowest BCUT2D eigenvalue weighted by molar-refractivity contribution is -0.134. The Hall–Kier alpha value is -2.82. The Morgan fingerprint density at radius 2 is 2.14 bits per heavy atom. The average Bonchev–Trinajstić information content (AvgIpc) is 2.50. The van der Waals surface area contributed by atoms with E-state index in [-0.39, 0.29) is 5.97 Å². The molecule has 0 radical (unpaired) electrons. The molecule has 112 valence electrons. The smallest absolute Gasteiger partial charge is 0.308 e. The topological polar surface area (TPSA) is 74.4 Å². The first-order valence-corrected chi connectivity index (χ1v) is 7.03. The molecule has 0 bridgehead atoms. The highest BCUT2D eigenvalue weighted by atomic mass is 16.5. The minimum Gasteiger partial charge on any atom is -0.439 e. The van der Waals surface area contributed by atoms with Gasteiger partial charge < -0.3 is 15.2 Å². The number of nitrogen functional groups attached to an aromatic ring is 1. The maximum atomic E-state index is 11.2. The molecule has 3 rings (SSSR count). The number of anilines is 1. The minimum atomic E-state index is -0.328. The number of nitrogens with two attached hydrogens (primary N) is 1. The maximum absolute atomic E-state index is 11.2. The third kappa shape index (κ3) is 2.93. The number of benzene rings is 1. The number of aromatic nitrogens is 1. The van der Waals surface area contributed by atoms with E-state index >= 15 is 0 Å². The van der Waals surface area contributed by atoms with Crippen LogP contribution in [0, 0.1) is 0 Å². The fraction of sp³-hybridized carbons (Fsp3) is 0.176. The molecule has 1 heterocycles. The van der Waals surface area contributed by atoms with Gasteiger partial charge in [-0.3, -0.25) is 4.79 Å². The summed E-state index contributed by atoms with van der Waals surface area (Å²) in [7, 11) is 0. The molecule has 0 saturated carbocycles. The van der Waals surface area contributed by atoms with Crippen LogP contribution < -0.4 is 10.5 Å². The van der Waals surface area contributed by atoms with Crippen LogP contribution >= 0.6 is 0 Å². The number of esters is 1. The fourth-order valence-corrected chi connectivity index (χ4v) is 2.42. The van der Waals surface area contributed by atoms with Gasteiger partial charge in [-0.05, 0) is 31.1 Å². The molecule has 5 nitrogen and oxygen atoms in total. The molecule has 0 spiro atoms. The van der Waals surface area contributed by atoms with Gasteiger partial charge in [0.25, 0.3) is 0 Å². The van der Waals surface area contributed by atoms with E-state index in [4.69, 9.17) is 15.2 Å². The zero-order valence-electron chi connectivity index (χ0n) is 12.2. The van der Waals surface area contributed by atoms with Gasteiger partial charge in [0.2, 0.25) is 5.88 Å². The SMILES string of the molecule is CC(=O)OC1=CCCc2c(Oc3ccc(N)cn3)cccc21. The van der Waals surface area contributed by atoms with Crippen LogP contribution in [0.4, 0.5) is 5.69 Å². The Kier molecular flexibility index (Phi) is 3.78. The fourth-order valence-electron chi connectivity index (χ4n) is 2.42. The van der Waals surface area contributed by atoms with E-state index in [9.17, 15) is 4.79 Å². The monoisotopic (exact) mass is 296 g/mol. The van der Waals surface area contributed by atoms with Crippen LogP contribution in [-0.2, 0) is 16.0 Å². The molecular formula is C17H16N2O3. The van der Waals surface area contributed by atoms with E-state index in [1.165, 1.54) is 6.92 Å². The highest BCUT2D eigenvalue weighted by molar-refractivity contribution is 5.78. The average molecular weight is 296 g/mol. The molecule has 2 aromatic rings. The molecule has 0 amide bonds. The first kappa shape index (κ1) is 14.1. The summed E-state index contributed by atoms with van der Waals surface area (Å²) in [5, 5.41) is 0. The van der Waals surface area contributed by atoms with Crippen molar-refractivity contribution in [3.05, 3.63) is 53.7 Å². The number of carbonyl (C=O) groups excluding carboxylic acids is 1. The molecule has 1 aromatic heterocycles. The predicted octanol–water partition coefficient (Wildman–Crippen LogP) is 3.31. The second kappa shape index (κ2) is 5.89. The number of ether oxygens (including phenoxy) is 2. The first-order chi connectivity index (χ1) is 10.6. The lowest BCUT2D eigenvalue weighted by Gasteiger charge is -2.19. The van der Waals surface area contributed by atoms with Crippen LogP contribution in [0.2, 0.25) is 0 Å². The lowest BCUT2D eigenvalue weighted by atomic mass is 9.95. The molecule has 0 aliphatic heterocycles. The van der Waals surface area contributed by atoms with Gasteiger partial charge in [0.15, 0.2) is 0 Å². The molecule has 1 aromatic carbocycles. The lowest BCUT2D eigenvalue weighted by Crippen LogP contribution is -2.07. The van der Waals surface area contributed by atoms with Crippen molar-refractivity contribution in [2.45, 2.75) is 19.8 Å². The number of hydrogen-bond donors (Lipinski definition) is 1. The zero-order chi connectivity index (χ0) is 15.5. The Labute approximate surface area is 128 Å². The number of hydrogen-bond acceptors (Lipinski definition) is 5. The maximum Gasteiger partial charge on any atom is 0.308 e. The van der Waals surface area contributed by atoms with Crippen LogP contribution in [-0.4, -0.2) is 11.0 Å². The Morgan fingerprint density at radius 3 is 2.86 bits per heavy atom. The van der Waals surface area contributed by atoms with Gasteiger partial charge in [-0.15, -0.1) is 0 Å². The van der Waals surface area contributed by atoms with Crippen molar-refractivity contribution in [1.29, 1.82) is 0 Å². The number of pyridine rings is 1. The van der Waals surface area contributed by atoms with E-state index in [0.29, 0.717) is 23.1 Å². The predicted molar refractivity (Wildman–Crippen MR) is 83.2 cm³/mol.